The predicted octanol–water partition coefficient (Wildman–Crippen LogP) is 2.63. The van der Waals surface area contributed by atoms with Gasteiger partial charge in [0.05, 0.1) is 4.90 Å². The fraction of sp³-hybridized carbons (Fsp3) is 0.381. The Kier molecular flexibility index (Phi) is 8.17. The van der Waals surface area contributed by atoms with Crippen LogP contribution in [-0.4, -0.2) is 45.4 Å². The molecule has 0 spiro atoms. The van der Waals surface area contributed by atoms with Gasteiger partial charge in [0.2, 0.25) is 10.0 Å². The Labute approximate surface area is 168 Å². The minimum atomic E-state index is -3.62. The molecule has 2 aromatic carbocycles. The van der Waals surface area contributed by atoms with Gasteiger partial charge in [-0.05, 0) is 57.6 Å². The quantitative estimate of drug-likeness (QED) is 0.598. The molecular formula is C21H29N3O3S. The van der Waals surface area contributed by atoms with Crippen molar-refractivity contribution in [1.29, 1.82) is 0 Å². The largest absolute Gasteiger partial charge is 0.352 e. The van der Waals surface area contributed by atoms with Gasteiger partial charge >= 0.3 is 0 Å². The van der Waals surface area contributed by atoms with Gasteiger partial charge in [-0.15, -0.1) is 0 Å². The van der Waals surface area contributed by atoms with Crippen molar-refractivity contribution in [3.63, 3.8) is 0 Å². The number of nitrogens with zero attached hydrogens (tertiary/aromatic N) is 1. The molecule has 0 heterocycles. The van der Waals surface area contributed by atoms with Crippen LogP contribution in [-0.2, 0) is 16.6 Å². The van der Waals surface area contributed by atoms with Gasteiger partial charge in [-0.1, -0.05) is 36.4 Å². The van der Waals surface area contributed by atoms with Crippen LogP contribution in [0.15, 0.2) is 59.5 Å². The molecule has 0 saturated carbocycles. The van der Waals surface area contributed by atoms with Gasteiger partial charge < -0.3 is 10.2 Å². The van der Waals surface area contributed by atoms with Crippen molar-refractivity contribution in [2.75, 3.05) is 20.1 Å². The third-order valence-corrected chi connectivity index (χ3v) is 5.75. The number of carbonyl (C=O) groups is 1. The zero-order chi connectivity index (χ0) is 20.6. The molecule has 0 radical (unpaired) electrons. The first-order valence-corrected chi connectivity index (χ1v) is 10.9. The lowest BCUT2D eigenvalue weighted by Gasteiger charge is -2.16. The first-order chi connectivity index (χ1) is 13.3. The van der Waals surface area contributed by atoms with E-state index in [4.69, 9.17) is 0 Å². The smallest absolute Gasteiger partial charge is 0.251 e. The van der Waals surface area contributed by atoms with E-state index in [0.29, 0.717) is 12.1 Å². The van der Waals surface area contributed by atoms with Crippen molar-refractivity contribution >= 4 is 15.9 Å². The summed E-state index contributed by atoms with van der Waals surface area (Å²) in [6.07, 6.45) is 0.808. The minimum absolute atomic E-state index is 0.0939. The Balaban J connectivity index is 1.82. The maximum absolute atomic E-state index is 12.3. The lowest BCUT2D eigenvalue weighted by molar-refractivity contribution is 0.0951. The van der Waals surface area contributed by atoms with Crippen LogP contribution in [0, 0.1) is 0 Å². The zero-order valence-electron chi connectivity index (χ0n) is 16.7. The fourth-order valence-electron chi connectivity index (χ4n) is 2.81. The summed E-state index contributed by atoms with van der Waals surface area (Å²) < 4.78 is 27.0. The Bertz CT molecular complexity index is 867. The number of nitrogens with one attached hydrogen (secondary N) is 2. The van der Waals surface area contributed by atoms with E-state index in [2.05, 4.69) is 27.1 Å². The monoisotopic (exact) mass is 403 g/mol. The Morgan fingerprint density at radius 1 is 1.07 bits per heavy atom. The van der Waals surface area contributed by atoms with Gasteiger partial charge in [-0.3, -0.25) is 4.79 Å². The second kappa shape index (κ2) is 10.4. The van der Waals surface area contributed by atoms with E-state index in [1.165, 1.54) is 17.7 Å². The topological polar surface area (TPSA) is 78.5 Å². The van der Waals surface area contributed by atoms with Crippen molar-refractivity contribution in [1.82, 2.24) is 14.9 Å². The molecule has 7 heteroatoms. The summed E-state index contributed by atoms with van der Waals surface area (Å²) in [6.45, 7) is 5.74. The van der Waals surface area contributed by atoms with Gasteiger partial charge in [0.15, 0.2) is 0 Å². The summed E-state index contributed by atoms with van der Waals surface area (Å²) in [7, 11) is -1.57. The summed E-state index contributed by atoms with van der Waals surface area (Å²) in [5.74, 6) is -0.271. The lowest BCUT2D eigenvalue weighted by atomic mass is 10.2. The molecule has 1 amide bonds. The highest BCUT2D eigenvalue weighted by molar-refractivity contribution is 7.89. The van der Waals surface area contributed by atoms with Crippen LogP contribution in [0.4, 0.5) is 0 Å². The van der Waals surface area contributed by atoms with E-state index in [0.717, 1.165) is 19.5 Å². The van der Waals surface area contributed by atoms with Crippen molar-refractivity contribution in [3.8, 4) is 0 Å². The van der Waals surface area contributed by atoms with Crippen molar-refractivity contribution in [2.24, 2.45) is 0 Å². The number of rotatable bonds is 10. The molecule has 2 aromatic rings. The predicted molar refractivity (Wildman–Crippen MR) is 112 cm³/mol. The standard InChI is InChI=1S/C21H29N3O3S/c1-17(2)23-28(26,27)20-12-7-11-19(15-20)21(25)22-13-8-14-24(3)16-18-9-5-4-6-10-18/h4-7,9-12,15,17,23H,8,13-14,16H2,1-3H3,(H,22,25). The summed E-state index contributed by atoms with van der Waals surface area (Å²) in [6, 6.07) is 16.1. The van der Waals surface area contributed by atoms with Crippen molar-refractivity contribution < 1.29 is 13.2 Å². The molecule has 2 rings (SSSR count). The van der Waals surface area contributed by atoms with Gasteiger partial charge in [-0.2, -0.15) is 0 Å². The summed E-state index contributed by atoms with van der Waals surface area (Å²) >= 11 is 0. The maximum atomic E-state index is 12.3. The number of benzene rings is 2. The van der Waals surface area contributed by atoms with Crippen LogP contribution in [0.5, 0.6) is 0 Å². The highest BCUT2D eigenvalue weighted by Gasteiger charge is 2.17. The van der Waals surface area contributed by atoms with Gasteiger partial charge in [0.1, 0.15) is 0 Å². The third kappa shape index (κ3) is 7.07. The number of sulfonamides is 1. The number of amides is 1. The summed E-state index contributed by atoms with van der Waals surface area (Å²) in [5.41, 5.74) is 1.59. The lowest BCUT2D eigenvalue weighted by Crippen LogP contribution is -2.31. The SMILES string of the molecule is CC(C)NS(=O)(=O)c1cccc(C(=O)NCCCN(C)Cc2ccccc2)c1. The van der Waals surface area contributed by atoms with Crippen molar-refractivity contribution in [3.05, 3.63) is 65.7 Å². The third-order valence-electron chi connectivity index (χ3n) is 4.09. The first kappa shape index (κ1) is 22.1. The van der Waals surface area contributed by atoms with Crippen LogP contribution in [0.2, 0.25) is 0 Å². The zero-order valence-corrected chi connectivity index (χ0v) is 17.5. The van der Waals surface area contributed by atoms with Crippen LogP contribution in [0.25, 0.3) is 0 Å². The number of hydrogen-bond acceptors (Lipinski definition) is 4. The molecule has 152 valence electrons. The second-order valence-corrected chi connectivity index (χ2v) is 8.85. The van der Waals surface area contributed by atoms with Crippen molar-refractivity contribution in [2.45, 2.75) is 37.8 Å². The van der Waals surface area contributed by atoms with E-state index in [-0.39, 0.29) is 16.8 Å². The highest BCUT2D eigenvalue weighted by atomic mass is 32.2. The Hall–Kier alpha value is -2.22. The van der Waals surface area contributed by atoms with E-state index in [1.807, 2.05) is 25.2 Å². The average Bonchev–Trinajstić information content (AvgIpc) is 2.65. The van der Waals surface area contributed by atoms with E-state index >= 15 is 0 Å². The molecule has 0 aliphatic carbocycles. The number of hydrogen-bond donors (Lipinski definition) is 2. The summed E-state index contributed by atoms with van der Waals surface area (Å²) in [4.78, 5) is 14.6. The minimum Gasteiger partial charge on any atom is -0.352 e. The van der Waals surface area contributed by atoms with Crippen LogP contribution in [0.3, 0.4) is 0 Å². The Morgan fingerprint density at radius 2 is 1.79 bits per heavy atom. The second-order valence-electron chi connectivity index (χ2n) is 7.14. The Morgan fingerprint density at radius 3 is 2.46 bits per heavy atom. The van der Waals surface area contributed by atoms with Crippen LogP contribution in [0.1, 0.15) is 36.2 Å². The average molecular weight is 404 g/mol. The molecule has 2 N–H and O–H groups in total. The van der Waals surface area contributed by atoms with Gasteiger partial charge in [0.25, 0.3) is 5.91 Å². The van der Waals surface area contributed by atoms with E-state index < -0.39 is 10.0 Å². The van der Waals surface area contributed by atoms with E-state index in [1.54, 1.807) is 26.0 Å². The fourth-order valence-corrected chi connectivity index (χ4v) is 4.11. The number of carbonyl (C=O) groups excluding carboxylic acids is 1. The molecule has 0 saturated heterocycles. The van der Waals surface area contributed by atoms with Gasteiger partial charge in [-0.25, -0.2) is 13.1 Å². The maximum Gasteiger partial charge on any atom is 0.251 e. The molecule has 6 nitrogen and oxygen atoms in total. The molecule has 28 heavy (non-hydrogen) atoms. The molecule has 0 aromatic heterocycles. The molecule has 0 atom stereocenters. The van der Waals surface area contributed by atoms with Gasteiger partial charge in [0, 0.05) is 24.7 Å². The molecule has 0 aliphatic heterocycles. The molecule has 0 unspecified atom stereocenters. The van der Waals surface area contributed by atoms with E-state index in [9.17, 15) is 13.2 Å². The molecule has 0 aliphatic rings. The first-order valence-electron chi connectivity index (χ1n) is 9.41. The highest BCUT2D eigenvalue weighted by Crippen LogP contribution is 2.12. The molecule has 0 bridgehead atoms. The molecule has 0 fully saturated rings. The summed E-state index contributed by atoms with van der Waals surface area (Å²) in [5, 5.41) is 2.86. The van der Waals surface area contributed by atoms with Crippen LogP contribution >= 0.6 is 0 Å². The molecular weight excluding hydrogens is 374 g/mol. The van der Waals surface area contributed by atoms with Crippen LogP contribution < -0.4 is 10.0 Å². The normalized spacial score (nSPS) is 11.8.